The SMILES string of the molecule is CCN(CC)Cc1cc(C)cc(C(C)C)c1. The molecule has 0 heterocycles. The molecule has 1 nitrogen and oxygen atoms in total. The van der Waals surface area contributed by atoms with Crippen molar-refractivity contribution in [2.24, 2.45) is 0 Å². The van der Waals surface area contributed by atoms with Crippen LogP contribution in [0.15, 0.2) is 18.2 Å². The van der Waals surface area contributed by atoms with E-state index in [2.05, 4.69) is 57.7 Å². The van der Waals surface area contributed by atoms with E-state index < -0.39 is 0 Å². The summed E-state index contributed by atoms with van der Waals surface area (Å²) < 4.78 is 0. The van der Waals surface area contributed by atoms with Crippen LogP contribution in [-0.2, 0) is 6.54 Å². The van der Waals surface area contributed by atoms with Crippen molar-refractivity contribution in [2.75, 3.05) is 13.1 Å². The Morgan fingerprint density at radius 1 is 1.06 bits per heavy atom. The molecule has 0 saturated carbocycles. The summed E-state index contributed by atoms with van der Waals surface area (Å²) in [6.07, 6.45) is 0. The van der Waals surface area contributed by atoms with Gasteiger partial charge < -0.3 is 0 Å². The minimum absolute atomic E-state index is 0.621. The van der Waals surface area contributed by atoms with Gasteiger partial charge in [0.05, 0.1) is 0 Å². The maximum Gasteiger partial charge on any atom is 0.0233 e. The Bertz CT molecular complexity index is 324. The normalized spacial score (nSPS) is 11.4. The Morgan fingerprint density at radius 2 is 1.69 bits per heavy atom. The zero-order chi connectivity index (χ0) is 12.1. The molecule has 1 rings (SSSR count). The first kappa shape index (κ1) is 13.2. The van der Waals surface area contributed by atoms with Crippen molar-refractivity contribution < 1.29 is 0 Å². The number of hydrogen-bond donors (Lipinski definition) is 0. The molecular formula is C15H25N. The number of rotatable bonds is 5. The smallest absolute Gasteiger partial charge is 0.0233 e. The van der Waals surface area contributed by atoms with Gasteiger partial charge in [-0.05, 0) is 37.1 Å². The molecule has 1 heteroatoms. The van der Waals surface area contributed by atoms with Crippen molar-refractivity contribution in [2.45, 2.75) is 47.1 Å². The zero-order valence-corrected chi connectivity index (χ0v) is 11.4. The van der Waals surface area contributed by atoms with Crippen LogP contribution in [0.4, 0.5) is 0 Å². The third-order valence-corrected chi connectivity index (χ3v) is 3.13. The number of benzene rings is 1. The highest BCUT2D eigenvalue weighted by atomic mass is 15.1. The monoisotopic (exact) mass is 219 g/mol. The molecule has 0 saturated heterocycles. The molecule has 0 fully saturated rings. The topological polar surface area (TPSA) is 3.24 Å². The first-order valence-corrected chi connectivity index (χ1v) is 6.39. The highest BCUT2D eigenvalue weighted by Gasteiger charge is 2.05. The highest BCUT2D eigenvalue weighted by molar-refractivity contribution is 5.31. The fraction of sp³-hybridized carbons (Fsp3) is 0.600. The second-order valence-corrected chi connectivity index (χ2v) is 4.87. The molecule has 0 aromatic heterocycles. The van der Waals surface area contributed by atoms with E-state index in [0.29, 0.717) is 5.92 Å². The van der Waals surface area contributed by atoms with Gasteiger partial charge in [-0.15, -0.1) is 0 Å². The summed E-state index contributed by atoms with van der Waals surface area (Å²) in [7, 11) is 0. The van der Waals surface area contributed by atoms with E-state index in [1.165, 1.54) is 16.7 Å². The van der Waals surface area contributed by atoms with Crippen molar-refractivity contribution in [3.8, 4) is 0 Å². The first-order valence-electron chi connectivity index (χ1n) is 6.39. The fourth-order valence-electron chi connectivity index (χ4n) is 2.02. The summed E-state index contributed by atoms with van der Waals surface area (Å²) in [5, 5.41) is 0. The molecule has 0 aliphatic rings. The van der Waals surface area contributed by atoms with E-state index in [0.717, 1.165) is 19.6 Å². The lowest BCUT2D eigenvalue weighted by Crippen LogP contribution is -2.22. The van der Waals surface area contributed by atoms with E-state index in [1.807, 2.05) is 0 Å². The van der Waals surface area contributed by atoms with E-state index in [9.17, 15) is 0 Å². The molecule has 0 N–H and O–H groups in total. The molecule has 0 bridgehead atoms. The maximum atomic E-state index is 2.46. The second-order valence-electron chi connectivity index (χ2n) is 4.87. The van der Waals surface area contributed by atoms with Gasteiger partial charge >= 0.3 is 0 Å². The van der Waals surface area contributed by atoms with Gasteiger partial charge in [0.25, 0.3) is 0 Å². The van der Waals surface area contributed by atoms with Crippen molar-refractivity contribution in [3.63, 3.8) is 0 Å². The van der Waals surface area contributed by atoms with Crippen LogP contribution in [-0.4, -0.2) is 18.0 Å². The van der Waals surface area contributed by atoms with E-state index in [-0.39, 0.29) is 0 Å². The van der Waals surface area contributed by atoms with Crippen molar-refractivity contribution in [1.29, 1.82) is 0 Å². The minimum atomic E-state index is 0.621. The molecule has 0 amide bonds. The molecule has 1 aromatic rings. The summed E-state index contributed by atoms with van der Waals surface area (Å²) >= 11 is 0. The summed E-state index contributed by atoms with van der Waals surface area (Å²) in [6.45, 7) is 14.5. The molecule has 1 aromatic carbocycles. The Balaban J connectivity index is 2.87. The fourth-order valence-corrected chi connectivity index (χ4v) is 2.02. The van der Waals surface area contributed by atoms with Crippen LogP contribution in [0.3, 0.4) is 0 Å². The highest BCUT2D eigenvalue weighted by Crippen LogP contribution is 2.19. The van der Waals surface area contributed by atoms with Crippen molar-refractivity contribution in [1.82, 2.24) is 4.90 Å². The van der Waals surface area contributed by atoms with Crippen LogP contribution in [0.5, 0.6) is 0 Å². The Kier molecular flexibility index (Phi) is 5.01. The zero-order valence-electron chi connectivity index (χ0n) is 11.4. The Morgan fingerprint density at radius 3 is 2.19 bits per heavy atom. The Labute approximate surface area is 100 Å². The molecule has 0 aliphatic heterocycles. The lowest BCUT2D eigenvalue weighted by molar-refractivity contribution is 0.295. The molecular weight excluding hydrogens is 194 g/mol. The van der Waals surface area contributed by atoms with Gasteiger partial charge in [-0.1, -0.05) is 51.5 Å². The van der Waals surface area contributed by atoms with Crippen molar-refractivity contribution >= 4 is 0 Å². The van der Waals surface area contributed by atoms with Gasteiger partial charge in [0, 0.05) is 6.54 Å². The van der Waals surface area contributed by atoms with E-state index >= 15 is 0 Å². The number of aryl methyl sites for hydroxylation is 1. The van der Waals surface area contributed by atoms with Gasteiger partial charge in [0.1, 0.15) is 0 Å². The molecule has 0 atom stereocenters. The van der Waals surface area contributed by atoms with Gasteiger partial charge in [0.15, 0.2) is 0 Å². The quantitative estimate of drug-likeness (QED) is 0.724. The van der Waals surface area contributed by atoms with Crippen LogP contribution < -0.4 is 0 Å². The van der Waals surface area contributed by atoms with Crippen LogP contribution in [0, 0.1) is 6.92 Å². The number of nitrogens with zero attached hydrogens (tertiary/aromatic N) is 1. The lowest BCUT2D eigenvalue weighted by Gasteiger charge is -2.19. The van der Waals surface area contributed by atoms with Gasteiger partial charge in [-0.2, -0.15) is 0 Å². The summed E-state index contributed by atoms with van der Waals surface area (Å²) in [5.74, 6) is 0.621. The summed E-state index contributed by atoms with van der Waals surface area (Å²) in [6, 6.07) is 6.97. The first-order chi connectivity index (χ1) is 7.56. The van der Waals surface area contributed by atoms with Crippen LogP contribution >= 0.6 is 0 Å². The molecule has 16 heavy (non-hydrogen) atoms. The van der Waals surface area contributed by atoms with Gasteiger partial charge in [-0.25, -0.2) is 0 Å². The standard InChI is InChI=1S/C15H25N/c1-6-16(7-2)11-14-8-13(5)9-15(10-14)12(3)4/h8-10,12H,6-7,11H2,1-5H3. The lowest BCUT2D eigenvalue weighted by atomic mass is 9.98. The average molecular weight is 219 g/mol. The minimum Gasteiger partial charge on any atom is -0.300 e. The second kappa shape index (κ2) is 6.05. The van der Waals surface area contributed by atoms with E-state index in [4.69, 9.17) is 0 Å². The van der Waals surface area contributed by atoms with Gasteiger partial charge in [0.2, 0.25) is 0 Å². The van der Waals surface area contributed by atoms with Gasteiger partial charge in [-0.3, -0.25) is 4.90 Å². The molecule has 0 spiro atoms. The maximum absolute atomic E-state index is 2.46. The van der Waals surface area contributed by atoms with Crippen LogP contribution in [0.25, 0.3) is 0 Å². The number of hydrogen-bond acceptors (Lipinski definition) is 1. The van der Waals surface area contributed by atoms with Crippen molar-refractivity contribution in [3.05, 3.63) is 34.9 Å². The summed E-state index contributed by atoms with van der Waals surface area (Å²) in [4.78, 5) is 2.46. The van der Waals surface area contributed by atoms with Crippen LogP contribution in [0.2, 0.25) is 0 Å². The largest absolute Gasteiger partial charge is 0.300 e. The molecule has 0 unspecified atom stereocenters. The van der Waals surface area contributed by atoms with E-state index in [1.54, 1.807) is 0 Å². The predicted molar refractivity (Wildman–Crippen MR) is 71.9 cm³/mol. The predicted octanol–water partition coefficient (Wildman–Crippen LogP) is 3.96. The third kappa shape index (κ3) is 3.64. The summed E-state index contributed by atoms with van der Waals surface area (Å²) in [5.41, 5.74) is 4.29. The third-order valence-electron chi connectivity index (χ3n) is 3.13. The molecule has 0 aliphatic carbocycles. The van der Waals surface area contributed by atoms with Crippen LogP contribution in [0.1, 0.15) is 50.3 Å². The average Bonchev–Trinajstić information content (AvgIpc) is 2.25. The molecule has 0 radical (unpaired) electrons. The molecule has 90 valence electrons. The Hall–Kier alpha value is -0.820.